The molecule has 4 fully saturated rings. The van der Waals surface area contributed by atoms with Gasteiger partial charge in [-0.25, -0.2) is 0 Å². The van der Waals surface area contributed by atoms with E-state index in [0.29, 0.717) is 23.0 Å². The first-order valence-corrected chi connectivity index (χ1v) is 22.0. The lowest BCUT2D eigenvalue weighted by atomic mass is 9.79. The summed E-state index contributed by atoms with van der Waals surface area (Å²) in [6.07, 6.45) is 9.56. The lowest BCUT2D eigenvalue weighted by Gasteiger charge is -2.32. The first-order chi connectivity index (χ1) is 28.0. The summed E-state index contributed by atoms with van der Waals surface area (Å²) in [4.78, 5) is 0. The third kappa shape index (κ3) is 10.4. The summed E-state index contributed by atoms with van der Waals surface area (Å²) in [5.74, 6) is 1.94. The van der Waals surface area contributed by atoms with E-state index in [-0.39, 0.29) is 12.2 Å². The lowest BCUT2D eigenvalue weighted by molar-refractivity contribution is -0.119. The van der Waals surface area contributed by atoms with Gasteiger partial charge in [0.1, 0.15) is 0 Å². The molecule has 2 aliphatic heterocycles. The van der Waals surface area contributed by atoms with Gasteiger partial charge in [0.25, 0.3) is 6.29 Å². The van der Waals surface area contributed by atoms with Crippen LogP contribution in [-0.4, -0.2) is 61.4 Å². The fourth-order valence-electron chi connectivity index (χ4n) is 8.04. The molecule has 0 spiro atoms. The second-order valence-corrected chi connectivity index (χ2v) is 18.7. The molecule has 59 heavy (non-hydrogen) atoms. The van der Waals surface area contributed by atoms with Crippen molar-refractivity contribution < 1.29 is 47.0 Å². The predicted molar refractivity (Wildman–Crippen MR) is 231 cm³/mol. The summed E-state index contributed by atoms with van der Waals surface area (Å²) in [6, 6.07) is 21.4. The molecule has 4 aliphatic rings. The van der Waals surface area contributed by atoms with E-state index in [1.54, 1.807) is 0 Å². The summed E-state index contributed by atoms with van der Waals surface area (Å²) in [5.41, 5.74) is 0.403. The Morgan fingerprint density at radius 2 is 0.847 bits per heavy atom. The minimum atomic E-state index is -0.907. The molecule has 0 amide bonds. The highest BCUT2D eigenvalue weighted by Crippen LogP contribution is 2.41. The number of ether oxygens (including phenoxy) is 6. The van der Waals surface area contributed by atoms with Crippen LogP contribution in [0.25, 0.3) is 0 Å². The summed E-state index contributed by atoms with van der Waals surface area (Å²) in [6.45, 7) is 20.3. The van der Waals surface area contributed by atoms with Crippen molar-refractivity contribution in [3.63, 3.8) is 0 Å². The normalized spacial score (nSPS) is 23.1. The van der Waals surface area contributed by atoms with Crippen molar-refractivity contribution in [1.82, 2.24) is 0 Å². The van der Waals surface area contributed by atoms with Crippen LogP contribution in [0.1, 0.15) is 145 Å². The molecule has 0 aromatic heterocycles. The van der Waals surface area contributed by atoms with Crippen LogP contribution in [0.15, 0.2) is 66.7 Å². The Hall–Kier alpha value is -3.25. The van der Waals surface area contributed by atoms with Crippen LogP contribution < -0.4 is 29.9 Å². The van der Waals surface area contributed by atoms with Crippen LogP contribution in [0.4, 0.5) is 0 Å². The smallest absolute Gasteiger partial charge is 0.461 e. The molecule has 2 atom stereocenters. The minimum Gasteiger partial charge on any atom is -0.461 e. The van der Waals surface area contributed by atoms with Gasteiger partial charge < -0.3 is 47.0 Å². The van der Waals surface area contributed by atoms with Crippen molar-refractivity contribution in [2.45, 2.75) is 187 Å². The van der Waals surface area contributed by atoms with Crippen molar-refractivity contribution in [3.05, 3.63) is 72.3 Å². The Labute approximate surface area is 353 Å². The monoisotopic (exact) mass is 812 g/mol. The van der Waals surface area contributed by atoms with Crippen molar-refractivity contribution in [3.8, 4) is 23.0 Å². The Bertz CT molecular complexity index is 1690. The van der Waals surface area contributed by atoms with Gasteiger partial charge in [0.15, 0.2) is 35.6 Å². The average Bonchev–Trinajstić information content (AvgIpc) is 3.55. The zero-order valence-corrected chi connectivity index (χ0v) is 37.0. The average molecular weight is 813 g/mol. The third-order valence-corrected chi connectivity index (χ3v) is 13.0. The van der Waals surface area contributed by atoms with Gasteiger partial charge in [0, 0.05) is 5.56 Å². The van der Waals surface area contributed by atoms with E-state index in [1.807, 2.05) is 136 Å². The molecule has 0 N–H and O–H groups in total. The number of hydrogen-bond acceptors (Lipinski definition) is 10. The molecule has 3 aromatic carbocycles. The Kier molecular flexibility index (Phi) is 13.4. The Morgan fingerprint density at radius 1 is 0.475 bits per heavy atom. The van der Waals surface area contributed by atoms with Gasteiger partial charge in [0.05, 0.1) is 34.6 Å². The quantitative estimate of drug-likeness (QED) is 0.109. The van der Waals surface area contributed by atoms with E-state index in [9.17, 15) is 0 Å². The van der Waals surface area contributed by atoms with E-state index < -0.39 is 55.5 Å². The fourth-order valence-corrected chi connectivity index (χ4v) is 8.04. The van der Waals surface area contributed by atoms with Crippen LogP contribution in [0.3, 0.4) is 0 Å². The highest BCUT2D eigenvalue weighted by molar-refractivity contribution is 6.62. The van der Waals surface area contributed by atoms with E-state index in [1.165, 1.54) is 12.8 Å². The SMILES string of the molecule is CC(Oc1cc(B2OC(C)(C)C(C)(C)O2)ccc1OC(Oc1ccc(B2OC(C)(C)C(C)(C)O2)cc1OC(C)OC1CCCCC1)c1ccccc1)OC1CCCCC1. The van der Waals surface area contributed by atoms with Gasteiger partial charge in [-0.3, -0.25) is 0 Å². The van der Waals surface area contributed by atoms with Gasteiger partial charge in [0.2, 0.25) is 0 Å². The lowest BCUT2D eigenvalue weighted by Crippen LogP contribution is -2.41. The summed E-state index contributed by atoms with van der Waals surface area (Å²) in [7, 11) is -1.18. The van der Waals surface area contributed by atoms with Crippen molar-refractivity contribution >= 4 is 25.2 Å². The fraction of sp³-hybridized carbons (Fsp3) is 0.617. The molecule has 2 heterocycles. The zero-order chi connectivity index (χ0) is 42.0. The maximum atomic E-state index is 6.87. The minimum absolute atomic E-state index is 0.151. The molecule has 2 saturated heterocycles. The summed E-state index contributed by atoms with van der Waals surface area (Å²) < 4.78 is 65.6. The zero-order valence-electron chi connectivity index (χ0n) is 37.0. The first kappa shape index (κ1) is 43.8. The van der Waals surface area contributed by atoms with Crippen LogP contribution in [0.5, 0.6) is 23.0 Å². The van der Waals surface area contributed by atoms with E-state index >= 15 is 0 Å². The van der Waals surface area contributed by atoms with Crippen LogP contribution in [0, 0.1) is 0 Å². The maximum absolute atomic E-state index is 6.87. The first-order valence-electron chi connectivity index (χ1n) is 22.0. The molecule has 10 nitrogen and oxygen atoms in total. The van der Waals surface area contributed by atoms with Crippen LogP contribution in [0.2, 0.25) is 0 Å². The number of hydrogen-bond donors (Lipinski definition) is 0. The van der Waals surface area contributed by atoms with Gasteiger partial charge in [-0.1, -0.05) is 81.0 Å². The van der Waals surface area contributed by atoms with E-state index in [4.69, 9.17) is 47.0 Å². The predicted octanol–water partition coefficient (Wildman–Crippen LogP) is 9.59. The molecule has 0 radical (unpaired) electrons. The highest BCUT2D eigenvalue weighted by atomic mass is 16.7. The molecule has 3 aromatic rings. The molecular weight excluding hydrogens is 746 g/mol. The third-order valence-electron chi connectivity index (χ3n) is 13.0. The molecular formula is C47H66B2O10. The highest BCUT2D eigenvalue weighted by Gasteiger charge is 2.53. The molecule has 2 saturated carbocycles. The van der Waals surface area contributed by atoms with Gasteiger partial charge in [-0.05, 0) is 130 Å². The van der Waals surface area contributed by atoms with E-state index in [2.05, 4.69) is 0 Å². The number of rotatable bonds is 15. The molecule has 0 bridgehead atoms. The van der Waals surface area contributed by atoms with Crippen molar-refractivity contribution in [2.75, 3.05) is 0 Å². The van der Waals surface area contributed by atoms with Crippen LogP contribution in [-0.2, 0) is 28.1 Å². The second kappa shape index (κ2) is 18.0. The standard InChI is InChI=1S/C47H66B2O10/c1-32(50-37-22-16-12-17-23-37)52-41-30-35(48-56-44(3,4)45(5,6)57-48)26-28-39(41)54-43(34-20-14-11-15-21-34)55-40-29-27-36(49-58-46(7,8)47(9,10)59-49)31-42(40)53-33(2)51-38-24-18-13-19-25-38/h11,14-15,20-21,26-33,37-38,43H,12-13,16-19,22-25H2,1-10H3. The number of benzene rings is 3. The molecule has 2 unspecified atom stereocenters. The summed E-state index contributed by atoms with van der Waals surface area (Å²) >= 11 is 0. The van der Waals surface area contributed by atoms with Gasteiger partial charge in [-0.2, -0.15) is 0 Å². The topological polar surface area (TPSA) is 92.3 Å². The molecule has 2 aliphatic carbocycles. The van der Waals surface area contributed by atoms with Crippen molar-refractivity contribution in [1.29, 1.82) is 0 Å². The summed E-state index contributed by atoms with van der Waals surface area (Å²) in [5, 5.41) is 0. The second-order valence-electron chi connectivity index (χ2n) is 18.7. The maximum Gasteiger partial charge on any atom is 0.494 e. The Balaban J connectivity index is 1.20. The van der Waals surface area contributed by atoms with Crippen molar-refractivity contribution in [2.24, 2.45) is 0 Å². The molecule has 7 rings (SSSR count). The van der Waals surface area contributed by atoms with E-state index in [0.717, 1.165) is 67.9 Å². The van der Waals surface area contributed by atoms with Gasteiger partial charge >= 0.3 is 14.2 Å². The largest absolute Gasteiger partial charge is 0.494 e. The molecule has 320 valence electrons. The molecule has 12 heteroatoms. The van der Waals surface area contributed by atoms with Crippen LogP contribution >= 0.6 is 0 Å². The Morgan fingerprint density at radius 3 is 1.22 bits per heavy atom. The van der Waals surface area contributed by atoms with Gasteiger partial charge in [-0.15, -0.1) is 0 Å².